The summed E-state index contributed by atoms with van der Waals surface area (Å²) in [6, 6.07) is 15.0. The van der Waals surface area contributed by atoms with Crippen LogP contribution in [0.4, 0.5) is 17.1 Å². The Bertz CT molecular complexity index is 819. The molecule has 0 aromatic heterocycles. The van der Waals surface area contributed by atoms with E-state index < -0.39 is 0 Å². The zero-order valence-electron chi connectivity index (χ0n) is 19.6. The molecule has 2 rings (SSSR count). The molecule has 0 heterocycles. The van der Waals surface area contributed by atoms with Crippen LogP contribution in [0.25, 0.3) is 0 Å². The van der Waals surface area contributed by atoms with Gasteiger partial charge in [-0.3, -0.25) is 0 Å². The summed E-state index contributed by atoms with van der Waals surface area (Å²) in [5.41, 5.74) is 5.73. The number of hydrogen-bond acceptors (Lipinski definition) is 3. The molecule has 0 aliphatic heterocycles. The fourth-order valence-corrected chi connectivity index (χ4v) is 3.13. The van der Waals surface area contributed by atoms with Gasteiger partial charge in [0.05, 0.1) is 11.4 Å². The molecule has 0 saturated heterocycles. The summed E-state index contributed by atoms with van der Waals surface area (Å²) in [6.45, 7) is 18.2. The molecule has 0 radical (unpaired) electrons. The Morgan fingerprint density at radius 2 is 1.48 bits per heavy atom. The Labute approximate surface area is 178 Å². The molecule has 1 atom stereocenters. The molecule has 158 valence electrons. The Hall–Kier alpha value is -2.16. The average Bonchev–Trinajstić information content (AvgIpc) is 2.73. The van der Waals surface area contributed by atoms with Crippen molar-refractivity contribution in [3.63, 3.8) is 0 Å². The van der Waals surface area contributed by atoms with Gasteiger partial charge < -0.3 is 5.32 Å². The molecule has 0 saturated carbocycles. The third kappa shape index (κ3) is 5.68. The second-order valence-corrected chi connectivity index (χ2v) is 9.38. The highest BCUT2D eigenvalue weighted by atomic mass is 15.1. The van der Waals surface area contributed by atoms with E-state index in [9.17, 15) is 0 Å². The molecule has 2 aromatic carbocycles. The van der Waals surface area contributed by atoms with Gasteiger partial charge in [-0.1, -0.05) is 72.7 Å². The molecule has 0 aliphatic carbocycles. The first-order valence-electron chi connectivity index (χ1n) is 11.1. The van der Waals surface area contributed by atoms with Gasteiger partial charge in [-0.25, -0.2) is 0 Å². The summed E-state index contributed by atoms with van der Waals surface area (Å²) in [4.78, 5) is 0. The number of nitrogens with zero attached hydrogens (tertiary/aromatic N) is 2. The predicted molar refractivity (Wildman–Crippen MR) is 127 cm³/mol. The largest absolute Gasteiger partial charge is 0.381 e. The Morgan fingerprint density at radius 3 is 2.03 bits per heavy atom. The third-order valence-electron chi connectivity index (χ3n) is 6.43. The molecule has 1 N–H and O–H groups in total. The van der Waals surface area contributed by atoms with Crippen LogP contribution >= 0.6 is 0 Å². The fraction of sp³-hybridized carbons (Fsp3) is 0.538. The van der Waals surface area contributed by atoms with Crippen molar-refractivity contribution in [3.05, 3.63) is 53.6 Å². The van der Waals surface area contributed by atoms with Crippen LogP contribution in [0.3, 0.4) is 0 Å². The van der Waals surface area contributed by atoms with Crippen molar-refractivity contribution >= 4 is 17.1 Å². The maximum absolute atomic E-state index is 4.74. The van der Waals surface area contributed by atoms with Crippen LogP contribution in [0, 0.1) is 0 Å². The van der Waals surface area contributed by atoms with E-state index in [1.807, 2.05) is 30.3 Å². The number of anilines is 1. The fourth-order valence-electron chi connectivity index (χ4n) is 3.13. The van der Waals surface area contributed by atoms with Gasteiger partial charge in [0.2, 0.25) is 0 Å². The summed E-state index contributed by atoms with van der Waals surface area (Å²) >= 11 is 0. The highest BCUT2D eigenvalue weighted by Crippen LogP contribution is 2.43. The lowest BCUT2D eigenvalue weighted by Gasteiger charge is -2.32. The van der Waals surface area contributed by atoms with Crippen LogP contribution in [0.2, 0.25) is 0 Å². The SMILES string of the molecule is CCC(C)Nc1c(N=Nc2ccccc2)cc(C(C)(C)CC)cc1C(C)(C)CC. The minimum atomic E-state index is 0.0483. The molecular formula is C26H39N3. The number of azo groups is 1. The summed E-state index contributed by atoms with van der Waals surface area (Å²) in [5.74, 6) is 0. The highest BCUT2D eigenvalue weighted by Gasteiger charge is 2.28. The number of benzene rings is 2. The van der Waals surface area contributed by atoms with E-state index in [0.717, 1.165) is 36.3 Å². The van der Waals surface area contributed by atoms with Crippen LogP contribution in [-0.2, 0) is 10.8 Å². The van der Waals surface area contributed by atoms with E-state index in [1.54, 1.807) is 0 Å². The Morgan fingerprint density at radius 1 is 0.862 bits per heavy atom. The third-order valence-corrected chi connectivity index (χ3v) is 6.43. The molecule has 3 heteroatoms. The van der Waals surface area contributed by atoms with Crippen LogP contribution in [0.5, 0.6) is 0 Å². The van der Waals surface area contributed by atoms with Crippen molar-refractivity contribution in [2.45, 2.75) is 91.5 Å². The number of nitrogens with one attached hydrogen (secondary N) is 1. The van der Waals surface area contributed by atoms with Crippen LogP contribution < -0.4 is 5.32 Å². The summed E-state index contributed by atoms with van der Waals surface area (Å²) in [5, 5.41) is 13.0. The van der Waals surface area contributed by atoms with Crippen molar-refractivity contribution in [2.24, 2.45) is 10.2 Å². The van der Waals surface area contributed by atoms with Gasteiger partial charge in [-0.15, -0.1) is 5.11 Å². The molecule has 1 unspecified atom stereocenters. The normalized spacial score (nSPS) is 13.7. The van der Waals surface area contributed by atoms with Gasteiger partial charge in [0, 0.05) is 6.04 Å². The monoisotopic (exact) mass is 393 g/mol. The van der Waals surface area contributed by atoms with Crippen molar-refractivity contribution in [3.8, 4) is 0 Å². The molecule has 0 aliphatic rings. The van der Waals surface area contributed by atoms with Crippen molar-refractivity contribution in [1.82, 2.24) is 0 Å². The Balaban J connectivity index is 2.72. The topological polar surface area (TPSA) is 36.8 Å². The second kappa shape index (κ2) is 9.56. The molecule has 0 bridgehead atoms. The van der Waals surface area contributed by atoms with E-state index in [-0.39, 0.29) is 10.8 Å². The van der Waals surface area contributed by atoms with Crippen LogP contribution in [0.1, 0.15) is 85.8 Å². The maximum atomic E-state index is 4.74. The average molecular weight is 394 g/mol. The van der Waals surface area contributed by atoms with Crippen LogP contribution in [0.15, 0.2) is 52.7 Å². The molecular weight excluding hydrogens is 354 g/mol. The van der Waals surface area contributed by atoms with Crippen molar-refractivity contribution in [2.75, 3.05) is 5.32 Å². The maximum Gasteiger partial charge on any atom is 0.109 e. The van der Waals surface area contributed by atoms with Gasteiger partial charge in [0.1, 0.15) is 5.69 Å². The van der Waals surface area contributed by atoms with E-state index in [4.69, 9.17) is 5.11 Å². The first-order chi connectivity index (χ1) is 13.6. The smallest absolute Gasteiger partial charge is 0.109 e. The minimum Gasteiger partial charge on any atom is -0.381 e. The standard InChI is InChI=1S/C26H39N3/c1-9-19(4)27-24-22(26(7,8)11-3)17-20(25(5,6)10-2)18-23(24)29-28-21-15-13-12-14-16-21/h12-19,27H,9-11H2,1-8H3. The van der Waals surface area contributed by atoms with Gasteiger partial charge in [-0.2, -0.15) is 5.11 Å². The number of hydrogen-bond donors (Lipinski definition) is 1. The molecule has 0 fully saturated rings. The Kier molecular flexibility index (Phi) is 7.62. The highest BCUT2D eigenvalue weighted by molar-refractivity contribution is 5.73. The van der Waals surface area contributed by atoms with Gasteiger partial charge in [0.15, 0.2) is 0 Å². The molecule has 29 heavy (non-hydrogen) atoms. The zero-order valence-corrected chi connectivity index (χ0v) is 19.6. The van der Waals surface area contributed by atoms with Gasteiger partial charge in [0.25, 0.3) is 0 Å². The predicted octanol–water partition coefficient (Wildman–Crippen LogP) is 8.69. The van der Waals surface area contributed by atoms with Crippen LogP contribution in [-0.4, -0.2) is 6.04 Å². The van der Waals surface area contributed by atoms with Gasteiger partial charge >= 0.3 is 0 Å². The summed E-state index contributed by atoms with van der Waals surface area (Å²) in [7, 11) is 0. The first kappa shape index (κ1) is 23.1. The van der Waals surface area contributed by atoms with E-state index >= 15 is 0 Å². The van der Waals surface area contributed by atoms with E-state index in [0.29, 0.717) is 6.04 Å². The lowest BCUT2D eigenvalue weighted by Crippen LogP contribution is -2.24. The lowest BCUT2D eigenvalue weighted by molar-refractivity contribution is 0.489. The quantitative estimate of drug-likeness (QED) is 0.425. The summed E-state index contributed by atoms with van der Waals surface area (Å²) < 4.78 is 0. The number of rotatable bonds is 9. The molecule has 0 amide bonds. The van der Waals surface area contributed by atoms with E-state index in [2.05, 4.69) is 78.0 Å². The van der Waals surface area contributed by atoms with Crippen molar-refractivity contribution in [1.29, 1.82) is 0 Å². The first-order valence-corrected chi connectivity index (χ1v) is 11.1. The zero-order chi connectivity index (χ0) is 21.7. The summed E-state index contributed by atoms with van der Waals surface area (Å²) in [6.07, 6.45) is 3.20. The molecule has 3 nitrogen and oxygen atoms in total. The lowest BCUT2D eigenvalue weighted by atomic mass is 9.75. The van der Waals surface area contributed by atoms with Gasteiger partial charge in [-0.05, 0) is 66.3 Å². The molecule has 2 aromatic rings. The second-order valence-electron chi connectivity index (χ2n) is 9.38. The minimum absolute atomic E-state index is 0.0483. The van der Waals surface area contributed by atoms with E-state index in [1.165, 1.54) is 11.1 Å². The molecule has 0 spiro atoms. The van der Waals surface area contributed by atoms with Crippen molar-refractivity contribution < 1.29 is 0 Å².